The number of nitrogens with two attached hydrogens (primary N) is 1. The molecule has 76 valence electrons. The van der Waals surface area contributed by atoms with Crippen LogP contribution in [-0.2, 0) is 4.79 Å². The maximum atomic E-state index is 11.4. The monoisotopic (exact) mass is 196 g/mol. The third-order valence-corrected chi connectivity index (χ3v) is 1.85. The van der Waals surface area contributed by atoms with E-state index in [0.29, 0.717) is 0 Å². The van der Waals surface area contributed by atoms with Gasteiger partial charge in [-0.25, -0.2) is 10.5 Å². The Morgan fingerprint density at radius 1 is 1.71 bits per heavy atom. The van der Waals surface area contributed by atoms with Crippen molar-refractivity contribution in [1.29, 1.82) is 0 Å². The fourth-order valence-corrected chi connectivity index (χ4v) is 1.03. The van der Waals surface area contributed by atoms with Gasteiger partial charge in [-0.3, -0.25) is 15.0 Å². The first-order valence-electron chi connectivity index (χ1n) is 4.12. The van der Waals surface area contributed by atoms with E-state index >= 15 is 0 Å². The van der Waals surface area contributed by atoms with Crippen LogP contribution < -0.4 is 16.8 Å². The quantitative estimate of drug-likeness (QED) is 0.364. The highest BCUT2D eigenvalue weighted by molar-refractivity contribution is 5.78. The van der Waals surface area contributed by atoms with Gasteiger partial charge < -0.3 is 0 Å². The van der Waals surface area contributed by atoms with Gasteiger partial charge in [0.1, 0.15) is 6.04 Å². The highest BCUT2D eigenvalue weighted by Crippen LogP contribution is 1.99. The lowest BCUT2D eigenvalue weighted by molar-refractivity contribution is -0.124. The molecule has 1 aromatic heterocycles. The molecule has 0 radical (unpaired) electrons. The van der Waals surface area contributed by atoms with Gasteiger partial charge in [-0.1, -0.05) is 0 Å². The summed E-state index contributed by atoms with van der Waals surface area (Å²) >= 11 is 0. The molecule has 14 heavy (non-hydrogen) atoms. The Balaban J connectivity index is 3.08. The van der Waals surface area contributed by atoms with Crippen LogP contribution >= 0.6 is 0 Å². The smallest absolute Gasteiger partial charge is 0.267 e. The summed E-state index contributed by atoms with van der Waals surface area (Å²) in [6.45, 7) is 3.30. The topological polar surface area (TPSA) is 90.0 Å². The Bertz CT molecular complexity index is 399. The molecule has 6 heteroatoms. The van der Waals surface area contributed by atoms with Gasteiger partial charge in [0.05, 0.1) is 6.20 Å². The zero-order valence-corrected chi connectivity index (χ0v) is 8.02. The van der Waals surface area contributed by atoms with Crippen molar-refractivity contribution in [2.24, 2.45) is 5.84 Å². The van der Waals surface area contributed by atoms with Crippen LogP contribution in [-0.4, -0.2) is 15.7 Å². The summed E-state index contributed by atoms with van der Waals surface area (Å²) in [6.07, 6.45) is 1.52. The molecule has 1 atom stereocenters. The lowest BCUT2D eigenvalue weighted by Crippen LogP contribution is -2.40. The second-order valence-corrected chi connectivity index (χ2v) is 3.00. The highest BCUT2D eigenvalue weighted by atomic mass is 16.2. The number of rotatable bonds is 2. The second-order valence-electron chi connectivity index (χ2n) is 3.00. The van der Waals surface area contributed by atoms with Crippen molar-refractivity contribution in [2.45, 2.75) is 19.9 Å². The van der Waals surface area contributed by atoms with Gasteiger partial charge in [-0.15, -0.1) is 0 Å². The van der Waals surface area contributed by atoms with Crippen molar-refractivity contribution in [1.82, 2.24) is 15.2 Å². The van der Waals surface area contributed by atoms with Crippen molar-refractivity contribution < 1.29 is 4.79 Å². The fourth-order valence-electron chi connectivity index (χ4n) is 1.03. The molecule has 0 aromatic carbocycles. The molecule has 6 nitrogen and oxygen atoms in total. The van der Waals surface area contributed by atoms with E-state index in [4.69, 9.17) is 5.84 Å². The van der Waals surface area contributed by atoms with Gasteiger partial charge in [0.25, 0.3) is 11.5 Å². The molecular formula is C8H12N4O2. The van der Waals surface area contributed by atoms with Gasteiger partial charge in [0, 0.05) is 6.07 Å². The largest absolute Gasteiger partial charge is 0.292 e. The Kier molecular flexibility index (Phi) is 2.98. The summed E-state index contributed by atoms with van der Waals surface area (Å²) in [6, 6.07) is 0.709. The van der Waals surface area contributed by atoms with Crippen LogP contribution in [0.4, 0.5) is 0 Å². The Labute approximate surface area is 80.7 Å². The first kappa shape index (κ1) is 10.4. The van der Waals surface area contributed by atoms with Crippen LogP contribution in [0.5, 0.6) is 0 Å². The molecule has 0 saturated heterocycles. The molecule has 0 spiro atoms. The number of carbonyl (C=O) groups is 1. The number of nitrogens with zero attached hydrogens (tertiary/aromatic N) is 2. The van der Waals surface area contributed by atoms with E-state index in [-0.39, 0.29) is 5.56 Å². The van der Waals surface area contributed by atoms with Gasteiger partial charge >= 0.3 is 0 Å². The van der Waals surface area contributed by atoms with Crippen LogP contribution in [0, 0.1) is 6.92 Å². The molecule has 1 amide bonds. The van der Waals surface area contributed by atoms with E-state index in [2.05, 4.69) is 5.10 Å². The number of hydrazine groups is 1. The van der Waals surface area contributed by atoms with Gasteiger partial charge in [-0.2, -0.15) is 5.10 Å². The Morgan fingerprint density at radius 3 is 2.86 bits per heavy atom. The number of aryl methyl sites for hydroxylation is 1. The molecule has 0 fully saturated rings. The average molecular weight is 196 g/mol. The predicted octanol–water partition coefficient (Wildman–Crippen LogP) is -0.897. The Morgan fingerprint density at radius 2 is 2.36 bits per heavy atom. The van der Waals surface area contributed by atoms with Crippen LogP contribution in [0.25, 0.3) is 0 Å². The first-order valence-corrected chi connectivity index (χ1v) is 4.12. The fraction of sp³-hybridized carbons (Fsp3) is 0.375. The molecular weight excluding hydrogens is 184 g/mol. The molecule has 0 aliphatic heterocycles. The summed E-state index contributed by atoms with van der Waals surface area (Å²) in [5.41, 5.74) is 2.40. The third kappa shape index (κ3) is 1.97. The number of hydrogen-bond donors (Lipinski definition) is 2. The number of nitrogens with one attached hydrogen (secondary N) is 1. The van der Waals surface area contributed by atoms with Gasteiger partial charge in [0.15, 0.2) is 0 Å². The van der Waals surface area contributed by atoms with Crippen LogP contribution in [0.2, 0.25) is 0 Å². The van der Waals surface area contributed by atoms with E-state index in [9.17, 15) is 9.59 Å². The maximum Gasteiger partial charge on any atom is 0.267 e. The van der Waals surface area contributed by atoms with Crippen LogP contribution in [0.1, 0.15) is 18.5 Å². The standard InChI is InChI=1S/C8H12N4O2/c1-5-3-7(13)12(10-4-5)6(2)8(14)11-9/h3-4,6H,9H2,1-2H3,(H,11,14). The number of carbonyl (C=O) groups excluding carboxylic acids is 1. The summed E-state index contributed by atoms with van der Waals surface area (Å²) in [5, 5.41) is 3.83. The summed E-state index contributed by atoms with van der Waals surface area (Å²) in [5.74, 6) is 4.49. The van der Waals surface area contributed by atoms with Crippen molar-refractivity contribution in [3.8, 4) is 0 Å². The molecule has 1 aromatic rings. The molecule has 0 aliphatic carbocycles. The predicted molar refractivity (Wildman–Crippen MR) is 50.3 cm³/mol. The van der Waals surface area contributed by atoms with E-state index in [0.717, 1.165) is 10.2 Å². The normalized spacial score (nSPS) is 12.2. The first-order chi connectivity index (χ1) is 6.56. The zero-order chi connectivity index (χ0) is 10.7. The van der Waals surface area contributed by atoms with Gasteiger partial charge in [-0.05, 0) is 19.4 Å². The lowest BCUT2D eigenvalue weighted by Gasteiger charge is -2.11. The van der Waals surface area contributed by atoms with E-state index in [1.165, 1.54) is 12.3 Å². The lowest BCUT2D eigenvalue weighted by atomic mass is 10.3. The number of amides is 1. The average Bonchev–Trinajstić information content (AvgIpc) is 2.15. The molecule has 1 unspecified atom stereocenters. The van der Waals surface area contributed by atoms with E-state index in [1.807, 2.05) is 5.43 Å². The summed E-state index contributed by atoms with van der Waals surface area (Å²) in [7, 11) is 0. The minimum absolute atomic E-state index is 0.318. The van der Waals surface area contributed by atoms with Gasteiger partial charge in [0.2, 0.25) is 0 Å². The Hall–Kier alpha value is -1.69. The second kappa shape index (κ2) is 4.01. The van der Waals surface area contributed by atoms with Crippen LogP contribution in [0.3, 0.4) is 0 Å². The molecule has 0 aliphatic rings. The van der Waals surface area contributed by atoms with Crippen LogP contribution in [0.15, 0.2) is 17.1 Å². The van der Waals surface area contributed by atoms with Crippen molar-refractivity contribution >= 4 is 5.91 Å². The summed E-state index contributed by atoms with van der Waals surface area (Å²) < 4.78 is 1.08. The SMILES string of the molecule is Cc1cnn(C(C)C(=O)NN)c(=O)c1. The minimum Gasteiger partial charge on any atom is -0.292 e. The molecule has 1 heterocycles. The highest BCUT2D eigenvalue weighted by Gasteiger charge is 2.15. The third-order valence-electron chi connectivity index (χ3n) is 1.85. The maximum absolute atomic E-state index is 11.4. The van der Waals surface area contributed by atoms with Crippen molar-refractivity contribution in [3.05, 3.63) is 28.2 Å². The molecule has 3 N–H and O–H groups in total. The minimum atomic E-state index is -0.701. The number of aromatic nitrogens is 2. The zero-order valence-electron chi connectivity index (χ0n) is 8.02. The molecule has 1 rings (SSSR count). The van der Waals surface area contributed by atoms with E-state index in [1.54, 1.807) is 13.8 Å². The molecule has 0 saturated carbocycles. The van der Waals surface area contributed by atoms with E-state index < -0.39 is 11.9 Å². The van der Waals surface area contributed by atoms with Crippen molar-refractivity contribution in [3.63, 3.8) is 0 Å². The summed E-state index contributed by atoms with van der Waals surface area (Å²) in [4.78, 5) is 22.5. The van der Waals surface area contributed by atoms with Crippen molar-refractivity contribution in [2.75, 3.05) is 0 Å². The number of hydrogen-bond acceptors (Lipinski definition) is 4. The molecule has 0 bridgehead atoms.